The highest BCUT2D eigenvalue weighted by atomic mass is 32.2. The number of carbonyl (C=O) groups excluding carboxylic acids is 1. The van der Waals surface area contributed by atoms with Gasteiger partial charge in [0.1, 0.15) is 0 Å². The van der Waals surface area contributed by atoms with E-state index in [-0.39, 0.29) is 5.91 Å². The molecule has 0 bridgehead atoms. The third-order valence-corrected chi connectivity index (χ3v) is 5.02. The first-order valence-corrected chi connectivity index (χ1v) is 7.98. The maximum atomic E-state index is 12.4. The van der Waals surface area contributed by atoms with Crippen molar-refractivity contribution in [2.45, 2.75) is 44.4 Å². The van der Waals surface area contributed by atoms with E-state index >= 15 is 0 Å². The summed E-state index contributed by atoms with van der Waals surface area (Å²) < 4.78 is 0. The summed E-state index contributed by atoms with van der Waals surface area (Å²) in [6.45, 7) is 4.13. The molecular weight excluding hydrogens is 256 g/mol. The van der Waals surface area contributed by atoms with Crippen molar-refractivity contribution in [1.29, 1.82) is 0 Å². The lowest BCUT2D eigenvalue weighted by atomic mass is 10.1. The highest BCUT2D eigenvalue weighted by molar-refractivity contribution is 7.99. The van der Waals surface area contributed by atoms with Gasteiger partial charge in [-0.1, -0.05) is 6.92 Å². The van der Waals surface area contributed by atoms with E-state index in [0.29, 0.717) is 11.6 Å². The van der Waals surface area contributed by atoms with Gasteiger partial charge in [-0.05, 0) is 44.1 Å². The third-order valence-electron chi connectivity index (χ3n) is 3.79. The van der Waals surface area contributed by atoms with Crippen molar-refractivity contribution in [1.82, 2.24) is 9.88 Å². The smallest absolute Gasteiger partial charge is 0.255 e. The number of hydrogen-bond donors (Lipinski definition) is 0. The van der Waals surface area contributed by atoms with Crippen LogP contribution in [0, 0.1) is 6.92 Å². The Kier molecular flexibility index (Phi) is 4.86. The fourth-order valence-corrected chi connectivity index (χ4v) is 3.75. The van der Waals surface area contributed by atoms with Crippen molar-refractivity contribution in [2.24, 2.45) is 0 Å². The summed E-state index contributed by atoms with van der Waals surface area (Å²) in [7, 11) is 1.92. The van der Waals surface area contributed by atoms with Crippen molar-refractivity contribution >= 4 is 17.7 Å². The Morgan fingerprint density at radius 3 is 2.89 bits per heavy atom. The number of thioether (sulfide) groups is 1. The minimum atomic E-state index is 0.0969. The van der Waals surface area contributed by atoms with Gasteiger partial charge in [-0.2, -0.15) is 11.8 Å². The average Bonchev–Trinajstić information content (AvgIpc) is 2.87. The molecular formula is C15H22N2OS. The quantitative estimate of drug-likeness (QED) is 0.848. The first-order valence-electron chi connectivity index (χ1n) is 6.93. The van der Waals surface area contributed by atoms with E-state index in [1.165, 1.54) is 6.42 Å². The van der Waals surface area contributed by atoms with Gasteiger partial charge in [0.2, 0.25) is 0 Å². The molecule has 2 rings (SSSR count). The summed E-state index contributed by atoms with van der Waals surface area (Å²) in [5.41, 5.74) is 1.64. The first kappa shape index (κ1) is 14.4. The van der Waals surface area contributed by atoms with Crippen LogP contribution in [0.3, 0.4) is 0 Å². The van der Waals surface area contributed by atoms with Crippen LogP contribution in [0.4, 0.5) is 0 Å². The Morgan fingerprint density at radius 1 is 1.47 bits per heavy atom. The van der Waals surface area contributed by atoms with Crippen molar-refractivity contribution in [3.63, 3.8) is 0 Å². The molecule has 1 amide bonds. The van der Waals surface area contributed by atoms with Crippen molar-refractivity contribution in [2.75, 3.05) is 12.8 Å². The minimum absolute atomic E-state index is 0.0969. The molecule has 1 aliphatic rings. The molecule has 104 valence electrons. The monoisotopic (exact) mass is 278 g/mol. The van der Waals surface area contributed by atoms with Gasteiger partial charge < -0.3 is 4.90 Å². The van der Waals surface area contributed by atoms with Crippen molar-refractivity contribution in [3.05, 3.63) is 29.6 Å². The molecule has 0 aromatic carbocycles. The van der Waals surface area contributed by atoms with Gasteiger partial charge in [0, 0.05) is 30.2 Å². The van der Waals surface area contributed by atoms with Crippen molar-refractivity contribution < 1.29 is 4.79 Å². The number of amides is 1. The first-order chi connectivity index (χ1) is 9.11. The number of hydrogen-bond acceptors (Lipinski definition) is 3. The molecule has 0 N–H and O–H groups in total. The highest BCUT2D eigenvalue weighted by Crippen LogP contribution is 2.32. The van der Waals surface area contributed by atoms with Crippen molar-refractivity contribution in [3.8, 4) is 0 Å². The molecule has 1 aliphatic carbocycles. The summed E-state index contributed by atoms with van der Waals surface area (Å²) in [5.74, 6) is 1.26. The summed E-state index contributed by atoms with van der Waals surface area (Å²) in [6, 6.07) is 4.15. The second kappa shape index (κ2) is 6.42. The fourth-order valence-electron chi connectivity index (χ4n) is 2.62. The second-order valence-corrected chi connectivity index (χ2v) is 6.73. The largest absolute Gasteiger partial charge is 0.339 e. The van der Waals surface area contributed by atoms with E-state index in [9.17, 15) is 4.79 Å². The zero-order valence-electron chi connectivity index (χ0n) is 11.9. The average molecular weight is 278 g/mol. The second-order valence-electron chi connectivity index (χ2n) is 5.15. The van der Waals surface area contributed by atoms with E-state index in [0.717, 1.165) is 29.5 Å². The lowest BCUT2D eigenvalue weighted by molar-refractivity contribution is 0.0735. The lowest BCUT2D eigenvalue weighted by Gasteiger charge is -2.24. The Bertz CT molecular complexity index is 432. The number of pyridine rings is 1. The summed E-state index contributed by atoms with van der Waals surface area (Å²) >= 11 is 2.02. The molecule has 0 saturated heterocycles. The Balaban J connectivity index is 1.98. The number of aryl methyl sites for hydroxylation is 1. The normalized spacial score (nSPS) is 22.5. The molecule has 0 aliphatic heterocycles. The molecule has 1 heterocycles. The third kappa shape index (κ3) is 3.50. The van der Waals surface area contributed by atoms with Gasteiger partial charge in [0.25, 0.3) is 5.91 Å². The van der Waals surface area contributed by atoms with Gasteiger partial charge in [0.05, 0.1) is 5.56 Å². The SMILES string of the molecule is CCS[C@@H]1CC[C@@H](N(C)C(=O)c2ccc(C)nc2)C1. The van der Waals surface area contributed by atoms with E-state index in [1.807, 2.05) is 42.8 Å². The Morgan fingerprint density at radius 2 is 2.26 bits per heavy atom. The van der Waals surface area contributed by atoms with Gasteiger partial charge >= 0.3 is 0 Å². The molecule has 0 spiro atoms. The molecule has 19 heavy (non-hydrogen) atoms. The summed E-state index contributed by atoms with van der Waals surface area (Å²) in [6.07, 6.45) is 5.16. The molecule has 2 atom stereocenters. The fraction of sp³-hybridized carbons (Fsp3) is 0.600. The number of rotatable bonds is 4. The zero-order chi connectivity index (χ0) is 13.8. The summed E-state index contributed by atoms with van der Waals surface area (Å²) in [4.78, 5) is 18.5. The molecule has 1 fully saturated rings. The van der Waals surface area contributed by atoms with Gasteiger partial charge in [-0.3, -0.25) is 9.78 Å². The van der Waals surface area contributed by atoms with E-state index in [2.05, 4.69) is 11.9 Å². The molecule has 0 radical (unpaired) electrons. The van der Waals surface area contributed by atoms with Crippen LogP contribution >= 0.6 is 11.8 Å². The van der Waals surface area contributed by atoms with Gasteiger partial charge in [0.15, 0.2) is 0 Å². The van der Waals surface area contributed by atoms with Crippen LogP contribution in [0.1, 0.15) is 42.2 Å². The Hall–Kier alpha value is -1.03. The molecule has 1 aromatic rings. The topological polar surface area (TPSA) is 33.2 Å². The molecule has 0 unspecified atom stereocenters. The van der Waals surface area contributed by atoms with Crippen LogP contribution in [0.15, 0.2) is 18.3 Å². The van der Waals surface area contributed by atoms with Crippen LogP contribution in [0.5, 0.6) is 0 Å². The van der Waals surface area contributed by atoms with Gasteiger partial charge in [-0.15, -0.1) is 0 Å². The Labute approximate surface area is 119 Å². The van der Waals surface area contributed by atoms with Crippen LogP contribution in [-0.4, -0.2) is 39.9 Å². The molecule has 1 saturated carbocycles. The van der Waals surface area contributed by atoms with Crippen LogP contribution in [0.25, 0.3) is 0 Å². The lowest BCUT2D eigenvalue weighted by Crippen LogP contribution is -2.35. The summed E-state index contributed by atoms with van der Waals surface area (Å²) in [5, 5.41) is 0.724. The standard InChI is InChI=1S/C15H22N2OS/c1-4-19-14-8-7-13(9-14)17(3)15(18)12-6-5-11(2)16-10-12/h5-6,10,13-14H,4,7-9H2,1-3H3/t13-,14-/m1/s1. The predicted octanol–water partition coefficient (Wildman–Crippen LogP) is 3.14. The molecule has 1 aromatic heterocycles. The maximum absolute atomic E-state index is 12.4. The van der Waals surface area contributed by atoms with E-state index in [4.69, 9.17) is 0 Å². The predicted molar refractivity (Wildman–Crippen MR) is 80.6 cm³/mol. The molecule has 3 nitrogen and oxygen atoms in total. The van der Waals surface area contributed by atoms with Crippen LogP contribution in [-0.2, 0) is 0 Å². The number of carbonyl (C=O) groups is 1. The highest BCUT2D eigenvalue weighted by Gasteiger charge is 2.30. The van der Waals surface area contributed by atoms with Crippen LogP contribution < -0.4 is 0 Å². The van der Waals surface area contributed by atoms with E-state index in [1.54, 1.807) is 6.20 Å². The van der Waals surface area contributed by atoms with Crippen LogP contribution in [0.2, 0.25) is 0 Å². The number of aromatic nitrogens is 1. The zero-order valence-corrected chi connectivity index (χ0v) is 12.7. The minimum Gasteiger partial charge on any atom is -0.339 e. The van der Waals surface area contributed by atoms with Gasteiger partial charge in [-0.25, -0.2) is 0 Å². The maximum Gasteiger partial charge on any atom is 0.255 e. The molecule has 4 heteroatoms. The van der Waals surface area contributed by atoms with E-state index < -0.39 is 0 Å². The number of nitrogens with zero attached hydrogens (tertiary/aromatic N) is 2.